The lowest BCUT2D eigenvalue weighted by Gasteiger charge is -2.30. The molecule has 2 aliphatic heterocycles. The highest BCUT2D eigenvalue weighted by molar-refractivity contribution is 5.93. The molecule has 1 N–H and O–H groups in total. The summed E-state index contributed by atoms with van der Waals surface area (Å²) in [7, 11) is 0. The highest BCUT2D eigenvalue weighted by Crippen LogP contribution is 2.23. The molecule has 0 aromatic heterocycles. The molecule has 0 saturated carbocycles. The summed E-state index contributed by atoms with van der Waals surface area (Å²) in [6.07, 6.45) is 1.29. The lowest BCUT2D eigenvalue weighted by Crippen LogP contribution is -2.47. The number of carbonyl (C=O) groups is 3. The fourth-order valence-electron chi connectivity index (χ4n) is 4.03. The normalized spacial score (nSPS) is 22.9. The summed E-state index contributed by atoms with van der Waals surface area (Å²) in [6, 6.07) is 7.56. The van der Waals surface area contributed by atoms with Gasteiger partial charge in [-0.15, -0.1) is 0 Å². The van der Waals surface area contributed by atoms with Crippen LogP contribution >= 0.6 is 0 Å². The van der Waals surface area contributed by atoms with Crippen LogP contribution in [-0.4, -0.2) is 47.8 Å². The number of carbonyl (C=O) groups excluding carboxylic acids is 3. The van der Waals surface area contributed by atoms with Gasteiger partial charge in [0, 0.05) is 25.4 Å². The minimum absolute atomic E-state index is 0.00245. The van der Waals surface area contributed by atoms with E-state index in [0.717, 1.165) is 6.42 Å². The quantitative estimate of drug-likeness (QED) is 0.812. The van der Waals surface area contributed by atoms with Gasteiger partial charge < -0.3 is 15.0 Å². The summed E-state index contributed by atoms with van der Waals surface area (Å²) in [5.74, 6) is -0.500. The van der Waals surface area contributed by atoms with Gasteiger partial charge in [-0.05, 0) is 36.8 Å². The number of fused-ring (bicyclic) bond motifs is 1. The van der Waals surface area contributed by atoms with Gasteiger partial charge in [0.15, 0.2) is 5.78 Å². The fraction of sp³-hybridized carbons (Fsp3) is 0.591. The van der Waals surface area contributed by atoms with Gasteiger partial charge >= 0.3 is 0 Å². The van der Waals surface area contributed by atoms with Crippen molar-refractivity contribution in [1.82, 2.24) is 10.2 Å². The van der Waals surface area contributed by atoms with E-state index in [0.29, 0.717) is 19.5 Å². The van der Waals surface area contributed by atoms with Crippen LogP contribution in [0.3, 0.4) is 0 Å². The molecule has 6 nitrogen and oxygen atoms in total. The number of benzene rings is 1. The molecule has 1 fully saturated rings. The largest absolute Gasteiger partial charge is 0.368 e. The number of Topliss-reactive ketones (excluding diaryl/α,β-unsaturated/α-hetero) is 1. The van der Waals surface area contributed by atoms with Gasteiger partial charge in [0.2, 0.25) is 11.8 Å². The first-order valence-corrected chi connectivity index (χ1v) is 10.1. The third-order valence-corrected chi connectivity index (χ3v) is 5.63. The molecule has 2 aliphatic rings. The van der Waals surface area contributed by atoms with Crippen molar-refractivity contribution in [3.8, 4) is 0 Å². The average Bonchev–Trinajstić information content (AvgIpc) is 2.98. The Morgan fingerprint density at radius 3 is 2.61 bits per heavy atom. The second-order valence-corrected chi connectivity index (χ2v) is 8.33. The highest BCUT2D eigenvalue weighted by Gasteiger charge is 2.36. The van der Waals surface area contributed by atoms with E-state index in [2.05, 4.69) is 17.4 Å². The Morgan fingerprint density at radius 2 is 1.96 bits per heavy atom. The molecular weight excluding hydrogens is 356 g/mol. The Bertz CT molecular complexity index is 746. The standard InChI is InChI=1S/C22H30N2O4/c1-14(2)10-18(22(27)23-21-15(3)28-13-19(21)25)11-20(26)24-9-8-16-6-4-5-7-17(16)12-24/h4-7,14-15,18,21H,8-13H2,1-3H3,(H,23,27)/t15?,18-,21+/m1/s1. The van der Waals surface area contributed by atoms with E-state index in [9.17, 15) is 14.4 Å². The van der Waals surface area contributed by atoms with Crippen LogP contribution in [0.15, 0.2) is 24.3 Å². The number of amides is 2. The third kappa shape index (κ3) is 4.79. The molecule has 0 spiro atoms. The van der Waals surface area contributed by atoms with Crippen LogP contribution < -0.4 is 5.32 Å². The van der Waals surface area contributed by atoms with Crippen LogP contribution in [0.2, 0.25) is 0 Å². The fourth-order valence-corrected chi connectivity index (χ4v) is 4.03. The first-order chi connectivity index (χ1) is 13.3. The maximum absolute atomic E-state index is 12.9. The van der Waals surface area contributed by atoms with Gasteiger partial charge in [-0.25, -0.2) is 0 Å². The maximum atomic E-state index is 12.9. The van der Waals surface area contributed by atoms with Gasteiger partial charge in [0.25, 0.3) is 0 Å². The van der Waals surface area contributed by atoms with Crippen LogP contribution in [0.25, 0.3) is 0 Å². The Kier molecular flexibility index (Phi) is 6.50. The summed E-state index contributed by atoms with van der Waals surface area (Å²) in [5, 5.41) is 2.82. The van der Waals surface area contributed by atoms with Crippen molar-refractivity contribution in [1.29, 1.82) is 0 Å². The van der Waals surface area contributed by atoms with Crippen LogP contribution in [0.5, 0.6) is 0 Å². The number of nitrogens with zero attached hydrogens (tertiary/aromatic N) is 1. The number of hydrogen-bond donors (Lipinski definition) is 1. The first kappa shape index (κ1) is 20.5. The Labute approximate surface area is 166 Å². The molecular formula is C22H30N2O4. The van der Waals surface area contributed by atoms with Crippen molar-refractivity contribution in [2.45, 2.75) is 58.7 Å². The van der Waals surface area contributed by atoms with Gasteiger partial charge in [-0.1, -0.05) is 38.1 Å². The van der Waals surface area contributed by atoms with E-state index in [-0.39, 0.29) is 42.6 Å². The molecule has 1 unspecified atom stereocenters. The Hall–Kier alpha value is -2.21. The zero-order chi connectivity index (χ0) is 20.3. The number of hydrogen-bond acceptors (Lipinski definition) is 4. The van der Waals surface area contributed by atoms with Gasteiger partial charge in [-0.2, -0.15) is 0 Å². The molecule has 2 amide bonds. The van der Waals surface area contributed by atoms with Gasteiger partial charge in [0.1, 0.15) is 12.6 Å². The van der Waals surface area contributed by atoms with E-state index >= 15 is 0 Å². The predicted molar refractivity (Wildman–Crippen MR) is 105 cm³/mol. The summed E-state index contributed by atoms with van der Waals surface area (Å²) in [5.41, 5.74) is 2.46. The van der Waals surface area contributed by atoms with E-state index in [1.165, 1.54) is 11.1 Å². The molecule has 2 heterocycles. The van der Waals surface area contributed by atoms with Crippen molar-refractivity contribution in [2.75, 3.05) is 13.2 Å². The summed E-state index contributed by atoms with van der Waals surface area (Å²) in [6.45, 7) is 7.16. The van der Waals surface area contributed by atoms with Crippen molar-refractivity contribution in [3.05, 3.63) is 35.4 Å². The van der Waals surface area contributed by atoms with Crippen LogP contribution in [0, 0.1) is 11.8 Å². The molecule has 0 bridgehead atoms. The first-order valence-electron chi connectivity index (χ1n) is 10.1. The molecule has 1 aromatic carbocycles. The number of ketones is 1. The smallest absolute Gasteiger partial charge is 0.224 e. The van der Waals surface area contributed by atoms with Gasteiger partial charge in [-0.3, -0.25) is 14.4 Å². The second kappa shape index (κ2) is 8.86. The average molecular weight is 386 g/mol. The molecule has 28 heavy (non-hydrogen) atoms. The molecule has 1 aromatic rings. The topological polar surface area (TPSA) is 75.7 Å². The molecule has 3 atom stereocenters. The monoisotopic (exact) mass is 386 g/mol. The molecule has 1 saturated heterocycles. The van der Waals surface area contributed by atoms with Crippen molar-refractivity contribution in [2.24, 2.45) is 11.8 Å². The van der Waals surface area contributed by atoms with E-state index < -0.39 is 12.0 Å². The zero-order valence-corrected chi connectivity index (χ0v) is 16.9. The van der Waals surface area contributed by atoms with Gasteiger partial charge in [0.05, 0.1) is 6.10 Å². The Morgan fingerprint density at radius 1 is 1.25 bits per heavy atom. The zero-order valence-electron chi connectivity index (χ0n) is 16.9. The summed E-state index contributed by atoms with van der Waals surface area (Å²) in [4.78, 5) is 39.6. The highest BCUT2D eigenvalue weighted by atomic mass is 16.5. The van der Waals surface area contributed by atoms with E-state index in [4.69, 9.17) is 4.74 Å². The minimum Gasteiger partial charge on any atom is -0.368 e. The lowest BCUT2D eigenvalue weighted by molar-refractivity contribution is -0.138. The summed E-state index contributed by atoms with van der Waals surface area (Å²) >= 11 is 0. The summed E-state index contributed by atoms with van der Waals surface area (Å²) < 4.78 is 5.31. The lowest BCUT2D eigenvalue weighted by atomic mass is 9.91. The molecule has 3 rings (SSSR count). The predicted octanol–water partition coefficient (Wildman–Crippen LogP) is 2.10. The maximum Gasteiger partial charge on any atom is 0.224 e. The Balaban J connectivity index is 1.64. The van der Waals surface area contributed by atoms with E-state index in [1.807, 2.05) is 30.9 Å². The molecule has 6 heteroatoms. The van der Waals surface area contributed by atoms with E-state index in [1.54, 1.807) is 6.92 Å². The molecule has 0 aliphatic carbocycles. The second-order valence-electron chi connectivity index (χ2n) is 8.33. The molecule has 152 valence electrons. The van der Waals surface area contributed by atoms with Crippen LogP contribution in [-0.2, 0) is 32.1 Å². The SMILES string of the molecule is CC(C)C[C@H](CC(=O)N1CCc2ccccc2C1)C(=O)N[C@@H]1C(=O)COC1C. The number of rotatable bonds is 6. The van der Waals surface area contributed by atoms with Crippen molar-refractivity contribution < 1.29 is 19.1 Å². The minimum atomic E-state index is -0.612. The van der Waals surface area contributed by atoms with Crippen LogP contribution in [0.1, 0.15) is 44.7 Å². The third-order valence-electron chi connectivity index (χ3n) is 5.63. The number of ether oxygens (including phenoxy) is 1. The molecule has 0 radical (unpaired) electrons. The van der Waals surface area contributed by atoms with Crippen molar-refractivity contribution >= 4 is 17.6 Å². The van der Waals surface area contributed by atoms with Crippen molar-refractivity contribution in [3.63, 3.8) is 0 Å². The van der Waals surface area contributed by atoms with Crippen LogP contribution in [0.4, 0.5) is 0 Å². The number of nitrogens with one attached hydrogen (secondary N) is 1.